The quantitative estimate of drug-likeness (QED) is 0.0495. The molecule has 0 radical (unpaired) electrons. The first-order chi connectivity index (χ1) is 22.9. The lowest BCUT2D eigenvalue weighted by Crippen LogP contribution is -2.36. The zero-order valence-corrected chi connectivity index (χ0v) is 31.3. The molecule has 2 atom stereocenters. The Morgan fingerprint density at radius 3 is 1.21 bits per heavy atom. The van der Waals surface area contributed by atoms with Crippen molar-refractivity contribution in [1.82, 2.24) is 9.80 Å². The number of alkyl halides is 4. The number of ether oxygens (including phenoxy) is 2. The van der Waals surface area contributed by atoms with Gasteiger partial charge in [0.15, 0.2) is 11.6 Å². The van der Waals surface area contributed by atoms with E-state index in [1.54, 1.807) is 0 Å². The first kappa shape index (κ1) is 41.6. The molecule has 0 aliphatic carbocycles. The fourth-order valence-corrected chi connectivity index (χ4v) is 6.56. The van der Waals surface area contributed by atoms with Crippen molar-refractivity contribution < 1.29 is 19.1 Å². The van der Waals surface area contributed by atoms with Gasteiger partial charge in [0, 0.05) is 85.8 Å². The van der Waals surface area contributed by atoms with Crippen LogP contribution >= 0.6 is 46.4 Å². The number of Topliss-reactive ketones (excluding diaryl/α,β-unsaturated/α-hetero) is 2. The summed E-state index contributed by atoms with van der Waals surface area (Å²) in [7, 11) is 0. The molecule has 2 aromatic rings. The van der Waals surface area contributed by atoms with Crippen LogP contribution in [-0.2, 0) is 0 Å². The van der Waals surface area contributed by atoms with Gasteiger partial charge in [-0.2, -0.15) is 0 Å². The summed E-state index contributed by atoms with van der Waals surface area (Å²) in [6, 6.07) is 14.9. The van der Waals surface area contributed by atoms with Crippen molar-refractivity contribution in [2.45, 2.75) is 58.8 Å². The molecule has 6 nitrogen and oxygen atoms in total. The lowest BCUT2D eigenvalue weighted by atomic mass is 9.89. The number of rotatable bonds is 28. The monoisotopic (exact) mass is 730 g/mol. The van der Waals surface area contributed by atoms with Gasteiger partial charge in [-0.15, -0.1) is 46.4 Å². The van der Waals surface area contributed by atoms with E-state index in [9.17, 15) is 9.59 Å². The van der Waals surface area contributed by atoms with E-state index in [0.717, 1.165) is 56.4 Å². The molecule has 0 bridgehead atoms. The Labute approximate surface area is 303 Å². The second-order valence-corrected chi connectivity index (χ2v) is 13.4. The zero-order valence-electron chi connectivity index (χ0n) is 28.2. The minimum Gasteiger partial charge on any atom is -0.494 e. The number of unbranched alkanes of at least 4 members (excludes halogenated alkanes) is 2. The summed E-state index contributed by atoms with van der Waals surface area (Å²) in [5.41, 5.74) is 1.37. The molecule has 2 rings (SSSR count). The molecule has 0 fully saturated rings. The van der Waals surface area contributed by atoms with E-state index >= 15 is 0 Å². The molecule has 0 heterocycles. The van der Waals surface area contributed by atoms with Crippen LogP contribution in [0.5, 0.6) is 11.5 Å². The predicted octanol–water partition coefficient (Wildman–Crippen LogP) is 9.07. The Bertz CT molecular complexity index is 1020. The van der Waals surface area contributed by atoms with E-state index in [1.807, 2.05) is 48.5 Å². The number of hydrogen-bond donors (Lipinski definition) is 0. The molecule has 2 aromatic carbocycles. The first-order valence-corrected chi connectivity index (χ1v) is 19.3. The van der Waals surface area contributed by atoms with Gasteiger partial charge < -0.3 is 19.3 Å². The summed E-state index contributed by atoms with van der Waals surface area (Å²) < 4.78 is 11.4. The summed E-state index contributed by atoms with van der Waals surface area (Å²) in [5.74, 6) is 3.35. The van der Waals surface area contributed by atoms with Crippen LogP contribution in [0.25, 0.3) is 0 Å². The van der Waals surface area contributed by atoms with Gasteiger partial charge in [0.05, 0.1) is 13.2 Å². The number of carbonyl (C=O) groups excluding carboxylic acids is 2. The van der Waals surface area contributed by atoms with Crippen LogP contribution in [0, 0.1) is 11.8 Å². The molecular weight excluding hydrogens is 678 g/mol. The molecule has 47 heavy (non-hydrogen) atoms. The van der Waals surface area contributed by atoms with Crippen molar-refractivity contribution in [2.75, 3.05) is 76.0 Å². The van der Waals surface area contributed by atoms with Crippen LogP contribution in [-0.4, -0.2) is 97.4 Å². The molecule has 0 unspecified atom stereocenters. The van der Waals surface area contributed by atoms with E-state index in [2.05, 4.69) is 23.6 Å². The molecule has 0 saturated carbocycles. The second-order valence-electron chi connectivity index (χ2n) is 11.9. The Morgan fingerprint density at radius 1 is 0.574 bits per heavy atom. The highest BCUT2D eigenvalue weighted by molar-refractivity contribution is 6.18. The number of nitrogens with zero attached hydrogens (tertiary/aromatic N) is 2. The number of benzene rings is 2. The average molecular weight is 733 g/mol. The number of hydrogen-bond acceptors (Lipinski definition) is 6. The van der Waals surface area contributed by atoms with E-state index in [1.165, 1.54) is 0 Å². The van der Waals surface area contributed by atoms with Gasteiger partial charge in [-0.3, -0.25) is 9.59 Å². The maximum Gasteiger partial charge on any atom is 0.167 e. The maximum atomic E-state index is 13.7. The second kappa shape index (κ2) is 25.4. The van der Waals surface area contributed by atoms with Crippen LogP contribution in [0.2, 0.25) is 0 Å². The smallest absolute Gasteiger partial charge is 0.167 e. The van der Waals surface area contributed by atoms with Crippen LogP contribution in [0.15, 0.2) is 48.5 Å². The summed E-state index contributed by atoms with van der Waals surface area (Å²) in [6.07, 6.45) is 6.01. The van der Waals surface area contributed by atoms with Gasteiger partial charge in [0.25, 0.3) is 0 Å². The molecule has 0 aliphatic rings. The fraction of sp³-hybridized carbons (Fsp3) is 0.622. The standard InChI is InChI=1S/C37H54Cl4N2O4/c1-3-26-46-34-14-10-30(11-15-34)36(44)32(28-42(22-18-38)23-19-39)8-6-5-7-9-33(29-43(24-20-40)25-21-41)37(45)31-12-16-35(17-13-31)47-27-4-2/h10-17,32-33H,3-9,18-29H2,1-2H3/t32-,33+. The van der Waals surface area contributed by atoms with E-state index in [4.69, 9.17) is 55.9 Å². The van der Waals surface area contributed by atoms with Crippen molar-refractivity contribution in [3.63, 3.8) is 0 Å². The summed E-state index contributed by atoms with van der Waals surface area (Å²) in [5, 5.41) is 0. The molecule has 0 aliphatic heterocycles. The summed E-state index contributed by atoms with van der Waals surface area (Å²) in [6.45, 7) is 9.35. The average Bonchev–Trinajstić information content (AvgIpc) is 3.08. The van der Waals surface area contributed by atoms with Gasteiger partial charge in [-0.25, -0.2) is 0 Å². The van der Waals surface area contributed by atoms with Crippen molar-refractivity contribution in [1.29, 1.82) is 0 Å². The minimum absolute atomic E-state index is 0.124. The van der Waals surface area contributed by atoms with Crippen LogP contribution < -0.4 is 9.47 Å². The van der Waals surface area contributed by atoms with Gasteiger partial charge in [0.2, 0.25) is 0 Å². The van der Waals surface area contributed by atoms with Crippen molar-refractivity contribution >= 4 is 58.0 Å². The van der Waals surface area contributed by atoms with Crippen molar-refractivity contribution in [3.05, 3.63) is 59.7 Å². The predicted molar refractivity (Wildman–Crippen MR) is 199 cm³/mol. The maximum absolute atomic E-state index is 13.7. The van der Waals surface area contributed by atoms with Crippen molar-refractivity contribution in [3.8, 4) is 11.5 Å². The molecular formula is C37H54Cl4N2O4. The highest BCUT2D eigenvalue weighted by Gasteiger charge is 2.25. The van der Waals surface area contributed by atoms with Crippen LogP contribution in [0.4, 0.5) is 0 Å². The van der Waals surface area contributed by atoms with E-state index < -0.39 is 0 Å². The molecule has 264 valence electrons. The first-order valence-electron chi connectivity index (χ1n) is 17.1. The van der Waals surface area contributed by atoms with Crippen LogP contribution in [0.1, 0.15) is 79.5 Å². The van der Waals surface area contributed by atoms with Gasteiger partial charge >= 0.3 is 0 Å². The number of halogens is 4. The lowest BCUT2D eigenvalue weighted by molar-refractivity contribution is 0.0873. The van der Waals surface area contributed by atoms with Gasteiger partial charge in [-0.05, 0) is 74.2 Å². The third-order valence-corrected chi connectivity index (χ3v) is 8.81. The van der Waals surface area contributed by atoms with Gasteiger partial charge in [0.1, 0.15) is 11.5 Å². The topological polar surface area (TPSA) is 59.1 Å². The largest absolute Gasteiger partial charge is 0.494 e. The molecule has 10 heteroatoms. The highest BCUT2D eigenvalue weighted by atomic mass is 35.5. The Kier molecular flexibility index (Phi) is 22.5. The van der Waals surface area contributed by atoms with E-state index in [-0.39, 0.29) is 23.4 Å². The molecule has 0 aromatic heterocycles. The Morgan fingerprint density at radius 2 is 0.915 bits per heavy atom. The third kappa shape index (κ3) is 16.1. The van der Waals surface area contributed by atoms with E-state index in [0.29, 0.717) is 87.1 Å². The van der Waals surface area contributed by atoms with Gasteiger partial charge in [-0.1, -0.05) is 33.1 Å². The highest BCUT2D eigenvalue weighted by Crippen LogP contribution is 2.24. The summed E-state index contributed by atoms with van der Waals surface area (Å²) in [4.78, 5) is 31.8. The fourth-order valence-electron chi connectivity index (χ4n) is 5.60. The molecule has 0 saturated heterocycles. The van der Waals surface area contributed by atoms with Crippen LogP contribution in [0.3, 0.4) is 0 Å². The number of carbonyl (C=O) groups is 2. The zero-order chi connectivity index (χ0) is 34.3. The SMILES string of the molecule is CCCOc1ccc(C(=O)[C@H](CCCCC[C@@H](CN(CCCl)CCCl)C(=O)c2ccc(OCCC)cc2)CN(CCCl)CCCl)cc1. The Hall–Kier alpha value is -1.54. The summed E-state index contributed by atoms with van der Waals surface area (Å²) >= 11 is 24.3. The lowest BCUT2D eigenvalue weighted by Gasteiger charge is -2.26. The molecule has 0 N–H and O–H groups in total. The molecule has 0 amide bonds. The normalized spacial score (nSPS) is 12.8. The van der Waals surface area contributed by atoms with Crippen molar-refractivity contribution in [2.24, 2.45) is 11.8 Å². The Balaban J connectivity index is 2.10. The third-order valence-electron chi connectivity index (χ3n) is 8.13. The number of ketones is 2. The molecule has 0 spiro atoms. The minimum atomic E-state index is -0.183.